The number of anilines is 1. The third kappa shape index (κ3) is 6.65. The lowest BCUT2D eigenvalue weighted by Gasteiger charge is -2.20. The molecule has 2 amide bonds. The zero-order valence-corrected chi connectivity index (χ0v) is 16.7. The Morgan fingerprint density at radius 3 is 2.53 bits per heavy atom. The van der Waals surface area contributed by atoms with Gasteiger partial charge < -0.3 is 15.0 Å². The minimum atomic E-state index is -4.46. The third-order valence-corrected chi connectivity index (χ3v) is 4.15. The summed E-state index contributed by atoms with van der Waals surface area (Å²) in [5, 5.41) is 2.70. The van der Waals surface area contributed by atoms with E-state index in [9.17, 15) is 22.8 Å². The second-order valence-corrected chi connectivity index (χ2v) is 6.46. The van der Waals surface area contributed by atoms with Crippen LogP contribution in [-0.4, -0.2) is 36.9 Å². The van der Waals surface area contributed by atoms with E-state index in [0.717, 1.165) is 12.1 Å². The van der Waals surface area contributed by atoms with Crippen molar-refractivity contribution in [2.24, 2.45) is 0 Å². The van der Waals surface area contributed by atoms with Gasteiger partial charge in [0.15, 0.2) is 0 Å². The number of alkyl halides is 3. The van der Waals surface area contributed by atoms with Gasteiger partial charge in [0.1, 0.15) is 12.3 Å². The Bertz CT molecular complexity index is 910. The Labute approximate surface area is 173 Å². The van der Waals surface area contributed by atoms with Crippen LogP contribution in [0.5, 0.6) is 5.75 Å². The van der Waals surface area contributed by atoms with E-state index in [2.05, 4.69) is 5.32 Å². The van der Waals surface area contributed by atoms with E-state index in [1.807, 2.05) is 6.92 Å². The average Bonchev–Trinajstić information content (AvgIpc) is 2.71. The highest BCUT2D eigenvalue weighted by Gasteiger charge is 2.30. The molecule has 160 valence electrons. The van der Waals surface area contributed by atoms with Crippen LogP contribution in [0, 0.1) is 0 Å². The predicted octanol–water partition coefficient (Wildman–Crippen LogP) is 4.60. The van der Waals surface area contributed by atoms with Crippen LogP contribution in [0.4, 0.5) is 18.9 Å². The van der Waals surface area contributed by atoms with E-state index in [0.29, 0.717) is 24.4 Å². The van der Waals surface area contributed by atoms with Crippen molar-refractivity contribution < 1.29 is 27.5 Å². The van der Waals surface area contributed by atoms with Gasteiger partial charge in [0, 0.05) is 12.6 Å². The molecular weight excluding hydrogens is 397 g/mol. The van der Waals surface area contributed by atoms with E-state index in [4.69, 9.17) is 4.74 Å². The van der Waals surface area contributed by atoms with Crippen molar-refractivity contribution in [3.63, 3.8) is 0 Å². The van der Waals surface area contributed by atoms with Crippen LogP contribution in [0.2, 0.25) is 0 Å². The van der Waals surface area contributed by atoms with Gasteiger partial charge in [0.2, 0.25) is 11.8 Å². The van der Waals surface area contributed by atoms with Gasteiger partial charge in [-0.1, -0.05) is 31.2 Å². The molecule has 2 rings (SSSR count). The van der Waals surface area contributed by atoms with Gasteiger partial charge in [-0.2, -0.15) is 13.2 Å². The highest BCUT2D eigenvalue weighted by molar-refractivity contribution is 5.98. The van der Waals surface area contributed by atoms with E-state index in [1.165, 1.54) is 36.3 Å². The number of rotatable bonds is 8. The zero-order chi connectivity index (χ0) is 22.1. The Balaban J connectivity index is 2.07. The standard InChI is InChI=1S/C22H23F3N2O3/c1-3-13-27(15-20(28)26-18-9-4-5-10-19(18)30-2)21(29)12-11-16-7-6-8-17(14-16)22(23,24)25/h4-12,14H,3,13,15H2,1-2H3,(H,26,28)/b12-11+. The van der Waals surface area contributed by atoms with Crippen molar-refractivity contribution in [1.29, 1.82) is 0 Å². The molecule has 0 aliphatic carbocycles. The maximum Gasteiger partial charge on any atom is 0.416 e. The van der Waals surface area contributed by atoms with Gasteiger partial charge in [0.25, 0.3) is 0 Å². The number of ether oxygens (including phenoxy) is 1. The highest BCUT2D eigenvalue weighted by Crippen LogP contribution is 2.29. The SMILES string of the molecule is CCCN(CC(=O)Nc1ccccc1OC)C(=O)/C=C/c1cccc(C(F)(F)F)c1. The van der Waals surface area contributed by atoms with Crippen molar-refractivity contribution in [3.8, 4) is 5.75 Å². The van der Waals surface area contributed by atoms with Crippen LogP contribution in [0.25, 0.3) is 6.08 Å². The van der Waals surface area contributed by atoms with Crippen molar-refractivity contribution >= 4 is 23.6 Å². The molecule has 2 aromatic carbocycles. The van der Waals surface area contributed by atoms with Crippen LogP contribution in [0.15, 0.2) is 54.6 Å². The lowest BCUT2D eigenvalue weighted by molar-refractivity contribution is -0.137. The van der Waals surface area contributed by atoms with Crippen molar-refractivity contribution in [3.05, 3.63) is 65.7 Å². The number of hydrogen-bond donors (Lipinski definition) is 1. The second kappa shape index (κ2) is 10.5. The number of methoxy groups -OCH3 is 1. The minimum Gasteiger partial charge on any atom is -0.495 e. The molecule has 0 aromatic heterocycles. The molecule has 0 aliphatic heterocycles. The predicted molar refractivity (Wildman–Crippen MR) is 109 cm³/mol. The topological polar surface area (TPSA) is 58.6 Å². The molecule has 1 N–H and O–H groups in total. The largest absolute Gasteiger partial charge is 0.495 e. The Morgan fingerprint density at radius 1 is 1.13 bits per heavy atom. The third-order valence-electron chi connectivity index (χ3n) is 4.15. The van der Waals surface area contributed by atoms with Gasteiger partial charge in [-0.15, -0.1) is 0 Å². The van der Waals surface area contributed by atoms with Gasteiger partial charge >= 0.3 is 6.18 Å². The van der Waals surface area contributed by atoms with Crippen LogP contribution < -0.4 is 10.1 Å². The Morgan fingerprint density at radius 2 is 1.87 bits per heavy atom. The first kappa shape index (κ1) is 23.0. The second-order valence-electron chi connectivity index (χ2n) is 6.46. The molecule has 5 nitrogen and oxygen atoms in total. The van der Waals surface area contributed by atoms with Crippen LogP contribution in [-0.2, 0) is 15.8 Å². The number of amides is 2. The summed E-state index contributed by atoms with van der Waals surface area (Å²) in [6.07, 6.45) is -1.37. The molecule has 0 saturated carbocycles. The summed E-state index contributed by atoms with van der Waals surface area (Å²) in [7, 11) is 1.48. The molecule has 8 heteroatoms. The van der Waals surface area contributed by atoms with Crippen LogP contribution in [0.1, 0.15) is 24.5 Å². The first-order valence-electron chi connectivity index (χ1n) is 9.31. The van der Waals surface area contributed by atoms with E-state index < -0.39 is 23.6 Å². The summed E-state index contributed by atoms with van der Waals surface area (Å²) < 4.78 is 43.6. The first-order valence-corrected chi connectivity index (χ1v) is 9.31. The minimum absolute atomic E-state index is 0.197. The molecule has 0 bridgehead atoms. The number of hydrogen-bond acceptors (Lipinski definition) is 3. The van der Waals surface area contributed by atoms with E-state index in [1.54, 1.807) is 24.3 Å². The molecular formula is C22H23F3N2O3. The number of carbonyl (C=O) groups is 2. The van der Waals surface area contributed by atoms with Crippen molar-refractivity contribution in [2.75, 3.05) is 25.5 Å². The fourth-order valence-corrected chi connectivity index (χ4v) is 2.74. The lowest BCUT2D eigenvalue weighted by atomic mass is 10.1. The number of para-hydroxylation sites is 2. The number of nitrogens with one attached hydrogen (secondary N) is 1. The number of halogens is 3. The van der Waals surface area contributed by atoms with Crippen molar-refractivity contribution in [2.45, 2.75) is 19.5 Å². The van der Waals surface area contributed by atoms with Gasteiger partial charge in [-0.3, -0.25) is 9.59 Å². The Hall–Kier alpha value is -3.29. The fraction of sp³-hybridized carbons (Fsp3) is 0.273. The number of benzene rings is 2. The summed E-state index contributed by atoms with van der Waals surface area (Å²) in [5.41, 5.74) is -0.0693. The molecule has 0 saturated heterocycles. The number of nitrogens with zero attached hydrogens (tertiary/aromatic N) is 1. The summed E-state index contributed by atoms with van der Waals surface area (Å²) in [5.74, 6) is -0.387. The fourth-order valence-electron chi connectivity index (χ4n) is 2.74. The van der Waals surface area contributed by atoms with E-state index in [-0.39, 0.29) is 12.1 Å². The lowest BCUT2D eigenvalue weighted by Crippen LogP contribution is -2.37. The molecule has 0 heterocycles. The van der Waals surface area contributed by atoms with E-state index >= 15 is 0 Å². The Kier molecular flexibility index (Phi) is 8.03. The quantitative estimate of drug-likeness (QED) is 0.635. The maximum atomic E-state index is 12.8. The molecule has 30 heavy (non-hydrogen) atoms. The molecule has 0 atom stereocenters. The van der Waals surface area contributed by atoms with Crippen LogP contribution in [0.3, 0.4) is 0 Å². The molecule has 0 fully saturated rings. The van der Waals surface area contributed by atoms with Gasteiger partial charge in [-0.05, 0) is 42.3 Å². The normalized spacial score (nSPS) is 11.4. The highest BCUT2D eigenvalue weighted by atomic mass is 19.4. The van der Waals surface area contributed by atoms with Gasteiger partial charge in [-0.25, -0.2) is 0 Å². The van der Waals surface area contributed by atoms with Gasteiger partial charge in [0.05, 0.1) is 18.4 Å². The molecule has 0 radical (unpaired) electrons. The summed E-state index contributed by atoms with van der Waals surface area (Å²) in [4.78, 5) is 26.2. The molecule has 2 aromatic rings. The van der Waals surface area contributed by atoms with Crippen LogP contribution >= 0.6 is 0 Å². The summed E-state index contributed by atoms with van der Waals surface area (Å²) >= 11 is 0. The maximum absolute atomic E-state index is 12.8. The smallest absolute Gasteiger partial charge is 0.416 e. The average molecular weight is 420 g/mol. The first-order chi connectivity index (χ1) is 14.2. The summed E-state index contributed by atoms with van der Waals surface area (Å²) in [6.45, 7) is 1.98. The summed E-state index contributed by atoms with van der Waals surface area (Å²) in [6, 6.07) is 11.5. The molecule has 0 aliphatic rings. The molecule has 0 unspecified atom stereocenters. The molecule has 0 spiro atoms. The van der Waals surface area contributed by atoms with Crippen molar-refractivity contribution in [1.82, 2.24) is 4.90 Å². The number of carbonyl (C=O) groups excluding carboxylic acids is 2. The monoisotopic (exact) mass is 420 g/mol. The zero-order valence-electron chi connectivity index (χ0n) is 16.7.